The number of carbonyl (C=O) groups excluding carboxylic acids is 1. The fourth-order valence-corrected chi connectivity index (χ4v) is 2.68. The average molecular weight is 330 g/mol. The van der Waals surface area contributed by atoms with Crippen LogP contribution in [0.25, 0.3) is 6.08 Å². The van der Waals surface area contributed by atoms with Crippen LogP contribution in [0.5, 0.6) is 5.75 Å². The first kappa shape index (κ1) is 14.8. The highest BCUT2D eigenvalue weighted by Gasteiger charge is 2.22. The van der Waals surface area contributed by atoms with Crippen molar-refractivity contribution in [2.24, 2.45) is 0 Å². The molecule has 0 saturated carbocycles. The molecule has 2 N–H and O–H groups in total. The van der Waals surface area contributed by atoms with E-state index in [1.807, 2.05) is 0 Å². The molecule has 2 rings (SSSR count). The normalized spacial score (nSPS) is 16.4. The number of halogens is 1. The molecule has 0 aliphatic carbocycles. The van der Waals surface area contributed by atoms with Crippen LogP contribution in [0.1, 0.15) is 5.56 Å². The Morgan fingerprint density at radius 2 is 2.30 bits per heavy atom. The molecule has 0 spiro atoms. The third kappa shape index (κ3) is 3.72. The molecule has 20 heavy (non-hydrogen) atoms. The van der Waals surface area contributed by atoms with Gasteiger partial charge in [0.2, 0.25) is 0 Å². The number of carboxylic acid groups (broad SMARTS) is 1. The first-order chi connectivity index (χ1) is 9.45. The van der Waals surface area contributed by atoms with E-state index in [4.69, 9.17) is 33.7 Å². The maximum absolute atomic E-state index is 11.6. The molecule has 1 aliphatic heterocycles. The number of carboxylic acids is 1. The zero-order valence-electron chi connectivity index (χ0n) is 9.88. The van der Waals surface area contributed by atoms with Crippen molar-refractivity contribution in [2.75, 3.05) is 6.61 Å². The van der Waals surface area contributed by atoms with E-state index in [0.29, 0.717) is 25.6 Å². The molecule has 1 heterocycles. The molecule has 0 bridgehead atoms. The first-order valence-corrected chi connectivity index (χ1v) is 6.95. The number of ether oxygens (including phenoxy) is 1. The van der Waals surface area contributed by atoms with Crippen molar-refractivity contribution in [3.05, 3.63) is 33.7 Å². The molecule has 0 radical (unpaired) electrons. The standard InChI is InChI=1S/C12H8ClNO4S2/c13-7-1-2-8(18-5-10(15)16)6(3-7)4-9-11(17)14-12(19)20-9/h1-4H,5H2,(H,15,16)(H,14,17,19). The maximum Gasteiger partial charge on any atom is 0.341 e. The van der Waals surface area contributed by atoms with Crippen LogP contribution in [-0.4, -0.2) is 27.9 Å². The predicted octanol–water partition coefficient (Wildman–Crippen LogP) is 2.29. The summed E-state index contributed by atoms with van der Waals surface area (Å²) in [5, 5.41) is 11.6. The van der Waals surface area contributed by atoms with Crippen molar-refractivity contribution in [3.8, 4) is 5.75 Å². The fourth-order valence-electron chi connectivity index (χ4n) is 1.47. The van der Waals surface area contributed by atoms with Crippen LogP contribution in [0, 0.1) is 0 Å². The van der Waals surface area contributed by atoms with Crippen LogP contribution in [0.2, 0.25) is 5.02 Å². The summed E-state index contributed by atoms with van der Waals surface area (Å²) in [6.45, 7) is -0.477. The second kappa shape index (κ2) is 6.25. The van der Waals surface area contributed by atoms with Gasteiger partial charge in [-0.2, -0.15) is 0 Å². The summed E-state index contributed by atoms with van der Waals surface area (Å²) >= 11 is 11.9. The Labute approximate surface area is 128 Å². The van der Waals surface area contributed by atoms with Crippen molar-refractivity contribution in [3.63, 3.8) is 0 Å². The zero-order chi connectivity index (χ0) is 14.7. The van der Waals surface area contributed by atoms with E-state index in [2.05, 4.69) is 5.32 Å². The molecule has 0 aromatic heterocycles. The number of benzene rings is 1. The van der Waals surface area contributed by atoms with E-state index in [1.165, 1.54) is 0 Å². The zero-order valence-corrected chi connectivity index (χ0v) is 12.3. The molecule has 1 aromatic rings. The monoisotopic (exact) mass is 329 g/mol. The van der Waals surface area contributed by atoms with Gasteiger partial charge >= 0.3 is 5.97 Å². The molecule has 104 valence electrons. The number of hydrogen-bond donors (Lipinski definition) is 2. The SMILES string of the molecule is O=C(O)COc1ccc(Cl)cc1C=C1SC(=S)NC1=O. The Balaban J connectivity index is 2.32. The molecule has 1 saturated heterocycles. The fraction of sp³-hybridized carbons (Fsp3) is 0.0833. The Hall–Kier alpha value is -1.57. The summed E-state index contributed by atoms with van der Waals surface area (Å²) in [6, 6.07) is 4.71. The molecule has 0 unspecified atom stereocenters. The van der Waals surface area contributed by atoms with Crippen LogP contribution in [0.3, 0.4) is 0 Å². The van der Waals surface area contributed by atoms with E-state index >= 15 is 0 Å². The second-order valence-electron chi connectivity index (χ2n) is 3.72. The van der Waals surface area contributed by atoms with Crippen LogP contribution in [-0.2, 0) is 9.59 Å². The van der Waals surface area contributed by atoms with E-state index in [1.54, 1.807) is 24.3 Å². The summed E-state index contributed by atoms with van der Waals surface area (Å²) in [7, 11) is 0. The van der Waals surface area contributed by atoms with Crippen LogP contribution in [0.4, 0.5) is 0 Å². The molecule has 1 fully saturated rings. The Kier molecular flexibility index (Phi) is 4.64. The molecule has 5 nitrogen and oxygen atoms in total. The third-order valence-corrected chi connectivity index (χ3v) is 3.65. The lowest BCUT2D eigenvalue weighted by molar-refractivity contribution is -0.139. The maximum atomic E-state index is 11.6. The summed E-state index contributed by atoms with van der Waals surface area (Å²) in [5.74, 6) is -1.06. The van der Waals surface area contributed by atoms with Crippen molar-refractivity contribution in [1.29, 1.82) is 0 Å². The average Bonchev–Trinajstić information content (AvgIpc) is 2.66. The van der Waals surface area contributed by atoms with Gasteiger partial charge in [-0.05, 0) is 24.3 Å². The summed E-state index contributed by atoms with van der Waals surface area (Å²) in [6.07, 6.45) is 1.56. The van der Waals surface area contributed by atoms with E-state index in [9.17, 15) is 9.59 Å². The highest BCUT2D eigenvalue weighted by Crippen LogP contribution is 2.30. The molecule has 8 heteroatoms. The molecule has 1 aliphatic rings. The molecule has 1 amide bonds. The van der Waals surface area contributed by atoms with Gasteiger partial charge in [0.05, 0.1) is 4.91 Å². The summed E-state index contributed by atoms with van der Waals surface area (Å²) in [5.41, 5.74) is 0.515. The van der Waals surface area contributed by atoms with Crippen LogP contribution < -0.4 is 10.1 Å². The first-order valence-electron chi connectivity index (χ1n) is 5.34. The van der Waals surface area contributed by atoms with Gasteiger partial charge < -0.3 is 15.2 Å². The predicted molar refractivity (Wildman–Crippen MR) is 80.9 cm³/mol. The molecule has 0 atom stereocenters. The van der Waals surface area contributed by atoms with Crippen molar-refractivity contribution in [2.45, 2.75) is 0 Å². The van der Waals surface area contributed by atoms with Crippen molar-refractivity contribution >= 4 is 57.9 Å². The molecular weight excluding hydrogens is 322 g/mol. The number of rotatable bonds is 4. The number of thiocarbonyl (C=S) groups is 1. The Bertz CT molecular complexity index is 630. The highest BCUT2D eigenvalue weighted by molar-refractivity contribution is 8.26. The number of hydrogen-bond acceptors (Lipinski definition) is 5. The largest absolute Gasteiger partial charge is 0.481 e. The van der Waals surface area contributed by atoms with Gasteiger partial charge in [0, 0.05) is 10.6 Å². The smallest absolute Gasteiger partial charge is 0.341 e. The van der Waals surface area contributed by atoms with Crippen LogP contribution in [0.15, 0.2) is 23.1 Å². The van der Waals surface area contributed by atoms with Gasteiger partial charge in [-0.1, -0.05) is 35.6 Å². The van der Waals surface area contributed by atoms with E-state index in [-0.39, 0.29) is 5.91 Å². The van der Waals surface area contributed by atoms with Gasteiger partial charge in [-0.15, -0.1) is 0 Å². The quantitative estimate of drug-likeness (QED) is 0.652. The number of amides is 1. The lowest BCUT2D eigenvalue weighted by atomic mass is 10.2. The minimum Gasteiger partial charge on any atom is -0.481 e. The number of nitrogens with one attached hydrogen (secondary N) is 1. The lowest BCUT2D eigenvalue weighted by Crippen LogP contribution is -2.17. The summed E-state index contributed by atoms with van der Waals surface area (Å²) < 4.78 is 5.52. The topological polar surface area (TPSA) is 75.6 Å². The van der Waals surface area contributed by atoms with Crippen LogP contribution >= 0.6 is 35.6 Å². The molecular formula is C12H8ClNO4S2. The van der Waals surface area contributed by atoms with E-state index < -0.39 is 12.6 Å². The van der Waals surface area contributed by atoms with Gasteiger partial charge in [0.1, 0.15) is 10.1 Å². The minimum atomic E-state index is -1.09. The summed E-state index contributed by atoms with van der Waals surface area (Å²) in [4.78, 5) is 22.5. The van der Waals surface area contributed by atoms with Crippen molar-refractivity contribution < 1.29 is 19.4 Å². The van der Waals surface area contributed by atoms with E-state index in [0.717, 1.165) is 11.8 Å². The highest BCUT2D eigenvalue weighted by atomic mass is 35.5. The number of aliphatic carboxylic acids is 1. The van der Waals surface area contributed by atoms with Gasteiger partial charge in [-0.25, -0.2) is 4.79 Å². The Morgan fingerprint density at radius 1 is 1.55 bits per heavy atom. The molecule has 1 aromatic carbocycles. The van der Waals surface area contributed by atoms with Gasteiger partial charge in [-0.3, -0.25) is 4.79 Å². The lowest BCUT2D eigenvalue weighted by Gasteiger charge is -2.08. The van der Waals surface area contributed by atoms with Gasteiger partial charge in [0.25, 0.3) is 5.91 Å². The Morgan fingerprint density at radius 3 is 2.90 bits per heavy atom. The minimum absolute atomic E-state index is 0.302. The second-order valence-corrected chi connectivity index (χ2v) is 5.87. The number of carbonyl (C=O) groups is 2. The van der Waals surface area contributed by atoms with Gasteiger partial charge in [0.15, 0.2) is 6.61 Å². The number of thioether (sulfide) groups is 1. The third-order valence-electron chi connectivity index (χ3n) is 2.25. The van der Waals surface area contributed by atoms with Crippen molar-refractivity contribution in [1.82, 2.24) is 5.32 Å².